The van der Waals surface area contributed by atoms with Crippen LogP contribution in [0.25, 0.3) is 11.4 Å². The molecule has 0 atom stereocenters. The Hall–Kier alpha value is -2.28. The number of nitrogens with zero attached hydrogens (tertiary/aromatic N) is 3. The minimum atomic E-state index is -0.840. The summed E-state index contributed by atoms with van der Waals surface area (Å²) in [6.07, 6.45) is 5.11. The van der Waals surface area contributed by atoms with E-state index in [1.807, 2.05) is 19.9 Å². The standard InChI is InChI=1S/C16H22N4O3/c1-3-16(22,4-2)11-18-13(21)7-8-14-19-15(20-23-14)12-6-5-9-17-10-12/h5-6,9-10,22H,3-4,7-8,11H2,1-2H3,(H,18,21). The number of aliphatic hydroxyl groups is 1. The van der Waals surface area contributed by atoms with Crippen LogP contribution in [0.1, 0.15) is 39.0 Å². The molecule has 23 heavy (non-hydrogen) atoms. The number of rotatable bonds is 8. The van der Waals surface area contributed by atoms with Gasteiger partial charge in [-0.1, -0.05) is 19.0 Å². The quantitative estimate of drug-likeness (QED) is 0.768. The van der Waals surface area contributed by atoms with Crippen molar-refractivity contribution in [1.29, 1.82) is 0 Å². The van der Waals surface area contributed by atoms with E-state index in [0.29, 0.717) is 31.0 Å². The number of carbonyl (C=O) groups is 1. The third-order valence-electron chi connectivity index (χ3n) is 3.88. The van der Waals surface area contributed by atoms with Crippen molar-refractivity contribution < 1.29 is 14.4 Å². The molecule has 0 saturated carbocycles. The second kappa shape index (κ2) is 7.82. The average Bonchev–Trinajstić information content (AvgIpc) is 3.07. The van der Waals surface area contributed by atoms with Crippen molar-refractivity contribution in [2.24, 2.45) is 0 Å². The van der Waals surface area contributed by atoms with Crippen molar-refractivity contribution >= 4 is 5.91 Å². The summed E-state index contributed by atoms with van der Waals surface area (Å²) in [4.78, 5) is 20.1. The number of nitrogens with one attached hydrogen (secondary N) is 1. The molecule has 2 heterocycles. The summed E-state index contributed by atoms with van der Waals surface area (Å²) in [6, 6.07) is 3.63. The van der Waals surface area contributed by atoms with Gasteiger partial charge in [0.25, 0.3) is 0 Å². The molecule has 0 aliphatic heterocycles. The maximum atomic E-state index is 11.8. The smallest absolute Gasteiger partial charge is 0.227 e. The number of aromatic nitrogens is 3. The zero-order valence-corrected chi connectivity index (χ0v) is 13.5. The molecule has 124 valence electrons. The van der Waals surface area contributed by atoms with E-state index >= 15 is 0 Å². The van der Waals surface area contributed by atoms with E-state index in [-0.39, 0.29) is 18.9 Å². The van der Waals surface area contributed by atoms with Crippen molar-refractivity contribution in [2.45, 2.75) is 45.1 Å². The summed E-state index contributed by atoms with van der Waals surface area (Å²) in [7, 11) is 0. The summed E-state index contributed by atoms with van der Waals surface area (Å²) in [6.45, 7) is 4.05. The molecule has 2 rings (SSSR count). The van der Waals surface area contributed by atoms with Gasteiger partial charge in [-0.05, 0) is 25.0 Å². The molecule has 2 aromatic rings. The molecule has 0 aliphatic rings. The lowest BCUT2D eigenvalue weighted by Crippen LogP contribution is -2.42. The lowest BCUT2D eigenvalue weighted by molar-refractivity contribution is -0.122. The monoisotopic (exact) mass is 318 g/mol. The van der Waals surface area contributed by atoms with E-state index < -0.39 is 5.60 Å². The van der Waals surface area contributed by atoms with Gasteiger partial charge in [-0.15, -0.1) is 0 Å². The van der Waals surface area contributed by atoms with Crippen molar-refractivity contribution in [1.82, 2.24) is 20.4 Å². The molecule has 2 aromatic heterocycles. The van der Waals surface area contributed by atoms with Gasteiger partial charge in [0.1, 0.15) is 0 Å². The Labute approximate surface area is 135 Å². The van der Waals surface area contributed by atoms with Crippen LogP contribution in [0.4, 0.5) is 0 Å². The van der Waals surface area contributed by atoms with Gasteiger partial charge in [0.2, 0.25) is 17.6 Å². The highest BCUT2D eigenvalue weighted by Crippen LogP contribution is 2.15. The molecule has 7 nitrogen and oxygen atoms in total. The molecule has 0 aliphatic carbocycles. The zero-order chi connectivity index (χ0) is 16.7. The molecular weight excluding hydrogens is 296 g/mol. The molecule has 0 saturated heterocycles. The fourth-order valence-corrected chi connectivity index (χ4v) is 2.04. The second-order valence-electron chi connectivity index (χ2n) is 5.46. The molecule has 0 fully saturated rings. The molecule has 2 N–H and O–H groups in total. The van der Waals surface area contributed by atoms with Crippen molar-refractivity contribution in [3.05, 3.63) is 30.4 Å². The minimum Gasteiger partial charge on any atom is -0.388 e. The first kappa shape index (κ1) is 17.1. The van der Waals surface area contributed by atoms with Crippen LogP contribution >= 0.6 is 0 Å². The fourth-order valence-electron chi connectivity index (χ4n) is 2.04. The van der Waals surface area contributed by atoms with E-state index in [0.717, 1.165) is 5.56 Å². The summed E-state index contributed by atoms with van der Waals surface area (Å²) in [5.41, 5.74) is -0.0731. The number of pyridine rings is 1. The lowest BCUT2D eigenvalue weighted by atomic mass is 9.97. The lowest BCUT2D eigenvalue weighted by Gasteiger charge is -2.25. The maximum Gasteiger partial charge on any atom is 0.227 e. The van der Waals surface area contributed by atoms with Gasteiger partial charge in [-0.2, -0.15) is 4.98 Å². The molecule has 1 amide bonds. The first-order valence-electron chi connectivity index (χ1n) is 7.78. The third-order valence-corrected chi connectivity index (χ3v) is 3.88. The van der Waals surface area contributed by atoms with E-state index in [1.165, 1.54) is 0 Å². The minimum absolute atomic E-state index is 0.147. The predicted molar refractivity (Wildman–Crippen MR) is 84.4 cm³/mol. The van der Waals surface area contributed by atoms with Gasteiger partial charge in [-0.25, -0.2) is 0 Å². The van der Waals surface area contributed by atoms with Crippen molar-refractivity contribution in [2.75, 3.05) is 6.54 Å². The summed E-state index contributed by atoms with van der Waals surface area (Å²) in [5, 5.41) is 16.8. The second-order valence-corrected chi connectivity index (χ2v) is 5.46. The van der Waals surface area contributed by atoms with E-state index in [2.05, 4.69) is 20.4 Å². The summed E-state index contributed by atoms with van der Waals surface area (Å²) in [5.74, 6) is 0.714. The molecule has 7 heteroatoms. The van der Waals surface area contributed by atoms with Crippen LogP contribution in [-0.4, -0.2) is 38.3 Å². The zero-order valence-electron chi connectivity index (χ0n) is 13.5. The Kier molecular flexibility index (Phi) is 5.81. The normalized spacial score (nSPS) is 11.4. The third kappa shape index (κ3) is 4.85. The summed E-state index contributed by atoms with van der Waals surface area (Å²) < 4.78 is 5.14. The highest BCUT2D eigenvalue weighted by molar-refractivity contribution is 5.76. The van der Waals surface area contributed by atoms with E-state index in [4.69, 9.17) is 4.52 Å². The Morgan fingerprint density at radius 2 is 2.17 bits per heavy atom. The molecule has 0 bridgehead atoms. The van der Waals surface area contributed by atoms with Crippen LogP contribution in [0.2, 0.25) is 0 Å². The molecule has 0 spiro atoms. The average molecular weight is 318 g/mol. The molecule has 0 aromatic carbocycles. The Morgan fingerprint density at radius 3 is 2.83 bits per heavy atom. The van der Waals surface area contributed by atoms with Crippen LogP contribution < -0.4 is 5.32 Å². The van der Waals surface area contributed by atoms with Crippen LogP contribution in [-0.2, 0) is 11.2 Å². The molecular formula is C16H22N4O3. The Bertz CT molecular complexity index is 623. The van der Waals surface area contributed by atoms with Crippen molar-refractivity contribution in [3.8, 4) is 11.4 Å². The number of hydrogen-bond acceptors (Lipinski definition) is 6. The topological polar surface area (TPSA) is 101 Å². The predicted octanol–water partition coefficient (Wildman–Crippen LogP) is 1.73. The van der Waals surface area contributed by atoms with Crippen molar-refractivity contribution in [3.63, 3.8) is 0 Å². The van der Waals surface area contributed by atoms with E-state index in [1.54, 1.807) is 18.5 Å². The van der Waals surface area contributed by atoms with Crippen LogP contribution in [0.3, 0.4) is 0 Å². The van der Waals surface area contributed by atoms with E-state index in [9.17, 15) is 9.90 Å². The van der Waals surface area contributed by atoms with Crippen LogP contribution in [0.5, 0.6) is 0 Å². The van der Waals surface area contributed by atoms with Gasteiger partial charge in [0, 0.05) is 37.3 Å². The first-order valence-corrected chi connectivity index (χ1v) is 7.78. The molecule has 0 unspecified atom stereocenters. The number of hydrogen-bond donors (Lipinski definition) is 2. The first-order chi connectivity index (χ1) is 11.1. The SMILES string of the molecule is CCC(O)(CC)CNC(=O)CCc1nc(-c2cccnc2)no1. The largest absolute Gasteiger partial charge is 0.388 e. The highest BCUT2D eigenvalue weighted by Gasteiger charge is 2.22. The van der Waals surface area contributed by atoms with Gasteiger partial charge in [0.15, 0.2) is 0 Å². The number of aryl methyl sites for hydroxylation is 1. The fraction of sp³-hybridized carbons (Fsp3) is 0.500. The Morgan fingerprint density at radius 1 is 1.39 bits per heavy atom. The summed E-state index contributed by atoms with van der Waals surface area (Å²) >= 11 is 0. The highest BCUT2D eigenvalue weighted by atomic mass is 16.5. The van der Waals surface area contributed by atoms with Gasteiger partial charge in [-0.3, -0.25) is 9.78 Å². The molecule has 0 radical (unpaired) electrons. The van der Waals surface area contributed by atoms with Gasteiger partial charge in [0.05, 0.1) is 5.60 Å². The van der Waals surface area contributed by atoms with Crippen LogP contribution in [0, 0.1) is 0 Å². The maximum absolute atomic E-state index is 11.8. The number of amides is 1. The Balaban J connectivity index is 1.82. The number of carbonyl (C=O) groups excluding carboxylic acids is 1. The van der Waals surface area contributed by atoms with Gasteiger partial charge >= 0.3 is 0 Å². The van der Waals surface area contributed by atoms with Gasteiger partial charge < -0.3 is 14.9 Å². The van der Waals surface area contributed by atoms with Crippen LogP contribution in [0.15, 0.2) is 29.0 Å².